The topological polar surface area (TPSA) is 15.3 Å². The first kappa shape index (κ1) is 16.3. The smallest absolute Gasteiger partial charge is 0.0334 e. The van der Waals surface area contributed by atoms with Gasteiger partial charge in [-0.15, -0.1) is 0 Å². The predicted molar refractivity (Wildman–Crippen MR) is 88.1 cm³/mol. The minimum atomic E-state index is 0.368. The van der Waals surface area contributed by atoms with Crippen molar-refractivity contribution in [2.45, 2.75) is 84.7 Å². The second-order valence-electron chi connectivity index (χ2n) is 8.53. The zero-order chi connectivity index (χ0) is 14.8. The Hall–Kier alpha value is -0.0800. The number of hydrogen-bond donors (Lipinski definition) is 1. The first-order chi connectivity index (χ1) is 9.37. The highest BCUT2D eigenvalue weighted by Gasteiger charge is 2.45. The number of nitrogens with one attached hydrogen (secondary N) is 1. The summed E-state index contributed by atoms with van der Waals surface area (Å²) in [6.07, 6.45) is 8.38. The summed E-state index contributed by atoms with van der Waals surface area (Å²) >= 11 is 0. The minimum absolute atomic E-state index is 0.368. The van der Waals surface area contributed by atoms with E-state index in [1.54, 1.807) is 0 Å². The molecule has 118 valence electrons. The molecule has 20 heavy (non-hydrogen) atoms. The van der Waals surface area contributed by atoms with Crippen LogP contribution in [0.25, 0.3) is 0 Å². The van der Waals surface area contributed by atoms with Gasteiger partial charge >= 0.3 is 0 Å². The van der Waals surface area contributed by atoms with E-state index in [2.05, 4.69) is 44.8 Å². The zero-order valence-electron chi connectivity index (χ0n) is 14.5. The second kappa shape index (κ2) is 6.36. The van der Waals surface area contributed by atoms with Gasteiger partial charge in [-0.2, -0.15) is 0 Å². The van der Waals surface area contributed by atoms with Gasteiger partial charge in [0.25, 0.3) is 0 Å². The van der Waals surface area contributed by atoms with Crippen LogP contribution in [0.4, 0.5) is 0 Å². The summed E-state index contributed by atoms with van der Waals surface area (Å²) in [6, 6.07) is 0.641. The molecule has 0 aromatic heterocycles. The van der Waals surface area contributed by atoms with Crippen LogP contribution in [0.3, 0.4) is 0 Å². The van der Waals surface area contributed by atoms with Crippen LogP contribution in [0, 0.1) is 11.3 Å². The molecule has 2 nitrogen and oxygen atoms in total. The van der Waals surface area contributed by atoms with E-state index in [-0.39, 0.29) is 0 Å². The van der Waals surface area contributed by atoms with Gasteiger partial charge in [0.05, 0.1) is 0 Å². The van der Waals surface area contributed by atoms with Crippen molar-refractivity contribution in [2.75, 3.05) is 19.6 Å². The molecule has 1 saturated carbocycles. The molecule has 2 fully saturated rings. The van der Waals surface area contributed by atoms with E-state index in [1.807, 2.05) is 0 Å². The third-order valence-corrected chi connectivity index (χ3v) is 5.64. The van der Waals surface area contributed by atoms with Gasteiger partial charge in [0.15, 0.2) is 0 Å². The average Bonchev–Trinajstić information content (AvgIpc) is 2.80. The maximum absolute atomic E-state index is 3.89. The van der Waals surface area contributed by atoms with E-state index >= 15 is 0 Å². The van der Waals surface area contributed by atoms with Crippen LogP contribution < -0.4 is 5.32 Å². The molecule has 0 aromatic carbocycles. The van der Waals surface area contributed by atoms with Crippen molar-refractivity contribution < 1.29 is 0 Å². The molecule has 2 aliphatic rings. The summed E-state index contributed by atoms with van der Waals surface area (Å²) in [6.45, 7) is 15.7. The molecule has 0 aromatic rings. The fourth-order valence-corrected chi connectivity index (χ4v) is 4.24. The van der Waals surface area contributed by atoms with Crippen LogP contribution in [-0.4, -0.2) is 36.1 Å². The maximum atomic E-state index is 3.89. The molecular weight excluding hydrogens is 244 g/mol. The molecule has 1 N–H and O–H groups in total. The van der Waals surface area contributed by atoms with Crippen LogP contribution in [0.2, 0.25) is 0 Å². The van der Waals surface area contributed by atoms with Gasteiger partial charge in [-0.3, -0.25) is 4.90 Å². The molecule has 0 amide bonds. The zero-order valence-corrected chi connectivity index (χ0v) is 14.5. The highest BCUT2D eigenvalue weighted by Crippen LogP contribution is 2.39. The Morgan fingerprint density at radius 2 is 1.90 bits per heavy atom. The Bertz CT molecular complexity index is 299. The molecule has 1 heterocycles. The molecule has 1 spiro atoms. The Morgan fingerprint density at radius 1 is 1.25 bits per heavy atom. The predicted octanol–water partition coefficient (Wildman–Crippen LogP) is 4.06. The first-order valence-corrected chi connectivity index (χ1v) is 8.86. The van der Waals surface area contributed by atoms with E-state index in [1.165, 1.54) is 58.2 Å². The highest BCUT2D eigenvalue weighted by molar-refractivity contribution is 5.04. The van der Waals surface area contributed by atoms with Crippen molar-refractivity contribution in [3.63, 3.8) is 0 Å². The lowest BCUT2D eigenvalue weighted by molar-refractivity contribution is 0.00676. The molecule has 2 heteroatoms. The number of nitrogens with zero attached hydrogens (tertiary/aromatic N) is 1. The third kappa shape index (κ3) is 3.57. The van der Waals surface area contributed by atoms with Gasteiger partial charge in [0.1, 0.15) is 0 Å². The Kier molecular flexibility index (Phi) is 5.18. The van der Waals surface area contributed by atoms with Crippen molar-refractivity contribution in [3.05, 3.63) is 0 Å². The molecule has 1 saturated heterocycles. The molecule has 2 atom stereocenters. The third-order valence-electron chi connectivity index (χ3n) is 5.64. The van der Waals surface area contributed by atoms with E-state index in [0.717, 1.165) is 5.92 Å². The summed E-state index contributed by atoms with van der Waals surface area (Å²) in [5, 5.41) is 3.89. The average molecular weight is 281 g/mol. The lowest BCUT2D eigenvalue weighted by atomic mass is 9.81. The van der Waals surface area contributed by atoms with E-state index in [9.17, 15) is 0 Å². The molecule has 1 aliphatic carbocycles. The SMILES string of the molecule is CCCC(C)CN1CC(C(C)(C)C)NCC12CCCC2. The summed E-state index contributed by atoms with van der Waals surface area (Å²) in [7, 11) is 0. The van der Waals surface area contributed by atoms with Crippen LogP contribution in [0.15, 0.2) is 0 Å². The lowest BCUT2D eigenvalue weighted by Gasteiger charge is -2.52. The molecule has 0 bridgehead atoms. The quantitative estimate of drug-likeness (QED) is 0.835. The van der Waals surface area contributed by atoms with Crippen LogP contribution in [0.1, 0.15) is 73.1 Å². The second-order valence-corrected chi connectivity index (χ2v) is 8.53. The van der Waals surface area contributed by atoms with Crippen molar-refractivity contribution >= 4 is 0 Å². The highest BCUT2D eigenvalue weighted by atomic mass is 15.3. The Labute approximate surface area is 126 Å². The standard InChI is InChI=1S/C18H36N2/c1-6-9-15(2)12-20-13-16(17(3,4)5)19-14-18(20)10-7-8-11-18/h15-16,19H,6-14H2,1-5H3. The summed E-state index contributed by atoms with van der Waals surface area (Å²) in [4.78, 5) is 2.88. The van der Waals surface area contributed by atoms with Gasteiger partial charge in [-0.1, -0.05) is 53.9 Å². The molecule has 0 radical (unpaired) electrons. The summed E-state index contributed by atoms with van der Waals surface area (Å²) in [5.41, 5.74) is 0.857. The fraction of sp³-hybridized carbons (Fsp3) is 1.00. The Morgan fingerprint density at radius 3 is 2.45 bits per heavy atom. The van der Waals surface area contributed by atoms with Crippen molar-refractivity contribution in [1.82, 2.24) is 10.2 Å². The summed E-state index contributed by atoms with van der Waals surface area (Å²) in [5.74, 6) is 0.844. The summed E-state index contributed by atoms with van der Waals surface area (Å²) < 4.78 is 0. The molecular formula is C18H36N2. The van der Waals surface area contributed by atoms with Crippen molar-refractivity contribution in [2.24, 2.45) is 11.3 Å². The minimum Gasteiger partial charge on any atom is -0.310 e. The normalized spacial score (nSPS) is 28.9. The fourth-order valence-electron chi connectivity index (χ4n) is 4.24. The van der Waals surface area contributed by atoms with Gasteiger partial charge in [0.2, 0.25) is 0 Å². The van der Waals surface area contributed by atoms with Gasteiger partial charge in [-0.25, -0.2) is 0 Å². The van der Waals surface area contributed by atoms with E-state index in [4.69, 9.17) is 0 Å². The van der Waals surface area contributed by atoms with E-state index in [0.29, 0.717) is 17.0 Å². The first-order valence-electron chi connectivity index (χ1n) is 8.86. The molecule has 2 rings (SSSR count). The maximum Gasteiger partial charge on any atom is 0.0334 e. The Balaban J connectivity index is 2.07. The number of piperazine rings is 1. The number of hydrogen-bond acceptors (Lipinski definition) is 2. The molecule has 2 unspecified atom stereocenters. The van der Waals surface area contributed by atoms with Crippen LogP contribution >= 0.6 is 0 Å². The van der Waals surface area contributed by atoms with Crippen molar-refractivity contribution in [3.8, 4) is 0 Å². The number of rotatable bonds is 4. The lowest BCUT2D eigenvalue weighted by Crippen LogP contribution is -2.66. The van der Waals surface area contributed by atoms with Gasteiger partial charge in [0, 0.05) is 31.2 Å². The van der Waals surface area contributed by atoms with Crippen LogP contribution in [-0.2, 0) is 0 Å². The van der Waals surface area contributed by atoms with E-state index < -0.39 is 0 Å². The molecule has 1 aliphatic heterocycles. The monoisotopic (exact) mass is 280 g/mol. The van der Waals surface area contributed by atoms with Gasteiger partial charge < -0.3 is 5.32 Å². The van der Waals surface area contributed by atoms with Crippen molar-refractivity contribution in [1.29, 1.82) is 0 Å². The largest absolute Gasteiger partial charge is 0.310 e. The van der Waals surface area contributed by atoms with Gasteiger partial charge in [-0.05, 0) is 30.6 Å². The van der Waals surface area contributed by atoms with Crippen LogP contribution in [0.5, 0.6) is 0 Å².